The molecule has 19 heavy (non-hydrogen) atoms. The number of allylic oxidation sites excluding steroid dienone is 1. The van der Waals surface area contributed by atoms with Crippen LogP contribution in [0.1, 0.15) is 33.3 Å². The number of rotatable bonds is 4. The van der Waals surface area contributed by atoms with Gasteiger partial charge in [0.25, 0.3) is 0 Å². The highest BCUT2D eigenvalue weighted by atomic mass is 19.4. The standard InChI is InChI=1S/C15H20F3N/c1-11(2)19(12(3)4)14(15(16,17)18)10-13-8-6-5-7-9-13/h5-12H,1-4H3/b14-10+. The van der Waals surface area contributed by atoms with Crippen molar-refractivity contribution < 1.29 is 13.2 Å². The minimum Gasteiger partial charge on any atom is -0.363 e. The molecule has 0 spiro atoms. The SMILES string of the molecule is CC(C)N(/C(=C/c1ccccc1)C(F)(F)F)C(C)C. The van der Waals surface area contributed by atoms with Gasteiger partial charge in [-0.15, -0.1) is 0 Å². The largest absolute Gasteiger partial charge is 0.431 e. The first-order valence-corrected chi connectivity index (χ1v) is 6.35. The average Bonchev–Trinajstić information content (AvgIpc) is 2.27. The van der Waals surface area contributed by atoms with Crippen molar-refractivity contribution in [2.24, 2.45) is 0 Å². The first-order chi connectivity index (χ1) is 8.73. The molecule has 106 valence electrons. The van der Waals surface area contributed by atoms with Crippen LogP contribution in [-0.4, -0.2) is 23.2 Å². The normalized spacial score (nSPS) is 13.2. The lowest BCUT2D eigenvalue weighted by molar-refractivity contribution is -0.116. The van der Waals surface area contributed by atoms with E-state index >= 15 is 0 Å². The lowest BCUT2D eigenvalue weighted by atomic mass is 10.1. The Bertz CT molecular complexity index is 411. The zero-order valence-corrected chi connectivity index (χ0v) is 11.7. The summed E-state index contributed by atoms with van der Waals surface area (Å²) in [6, 6.07) is 8.17. The summed E-state index contributed by atoms with van der Waals surface area (Å²) in [6.07, 6.45) is -3.15. The van der Waals surface area contributed by atoms with Crippen molar-refractivity contribution in [3.63, 3.8) is 0 Å². The number of alkyl halides is 3. The van der Waals surface area contributed by atoms with E-state index in [9.17, 15) is 13.2 Å². The van der Waals surface area contributed by atoms with Crippen molar-refractivity contribution in [1.29, 1.82) is 0 Å². The van der Waals surface area contributed by atoms with Crippen molar-refractivity contribution >= 4 is 6.08 Å². The van der Waals surface area contributed by atoms with Crippen molar-refractivity contribution in [2.45, 2.75) is 46.0 Å². The molecule has 0 bridgehead atoms. The van der Waals surface area contributed by atoms with E-state index < -0.39 is 11.9 Å². The fraction of sp³-hybridized carbons (Fsp3) is 0.467. The zero-order chi connectivity index (χ0) is 14.6. The Labute approximate surface area is 112 Å². The number of hydrogen-bond acceptors (Lipinski definition) is 1. The monoisotopic (exact) mass is 271 g/mol. The predicted molar refractivity (Wildman–Crippen MR) is 72.6 cm³/mol. The lowest BCUT2D eigenvalue weighted by Crippen LogP contribution is -2.41. The minimum absolute atomic E-state index is 0.211. The number of halogens is 3. The highest BCUT2D eigenvalue weighted by Gasteiger charge is 2.39. The molecule has 0 N–H and O–H groups in total. The van der Waals surface area contributed by atoms with Crippen molar-refractivity contribution in [1.82, 2.24) is 4.90 Å². The molecule has 0 radical (unpaired) electrons. The first-order valence-electron chi connectivity index (χ1n) is 6.35. The van der Waals surface area contributed by atoms with E-state index in [0.29, 0.717) is 5.56 Å². The summed E-state index contributed by atoms with van der Waals surface area (Å²) in [5, 5.41) is 0. The van der Waals surface area contributed by atoms with Crippen LogP contribution in [0.5, 0.6) is 0 Å². The van der Waals surface area contributed by atoms with Crippen LogP contribution >= 0.6 is 0 Å². The van der Waals surface area contributed by atoms with Gasteiger partial charge < -0.3 is 4.90 Å². The molecule has 4 heteroatoms. The molecule has 0 aliphatic carbocycles. The van der Waals surface area contributed by atoms with Gasteiger partial charge >= 0.3 is 6.18 Å². The third-order valence-electron chi connectivity index (χ3n) is 2.78. The van der Waals surface area contributed by atoms with E-state index in [-0.39, 0.29) is 12.1 Å². The summed E-state index contributed by atoms with van der Waals surface area (Å²) in [4.78, 5) is 1.40. The molecule has 0 amide bonds. The molecule has 0 aliphatic rings. The lowest BCUT2D eigenvalue weighted by Gasteiger charge is -2.36. The molecular weight excluding hydrogens is 251 g/mol. The number of hydrogen-bond donors (Lipinski definition) is 0. The van der Waals surface area contributed by atoms with Gasteiger partial charge in [-0.1, -0.05) is 30.3 Å². The van der Waals surface area contributed by atoms with Crippen molar-refractivity contribution in [3.8, 4) is 0 Å². The van der Waals surface area contributed by atoms with E-state index in [4.69, 9.17) is 0 Å². The molecule has 1 aromatic carbocycles. The molecule has 0 saturated heterocycles. The maximum atomic E-state index is 13.3. The summed E-state index contributed by atoms with van der Waals surface area (Å²) in [7, 11) is 0. The topological polar surface area (TPSA) is 3.24 Å². The van der Waals surface area contributed by atoms with Gasteiger partial charge in [-0.05, 0) is 39.3 Å². The molecule has 0 aromatic heterocycles. The van der Waals surface area contributed by atoms with Crippen LogP contribution in [0.15, 0.2) is 36.0 Å². The van der Waals surface area contributed by atoms with E-state index in [1.54, 1.807) is 58.0 Å². The fourth-order valence-electron chi connectivity index (χ4n) is 2.16. The fourth-order valence-corrected chi connectivity index (χ4v) is 2.16. The molecule has 0 fully saturated rings. The first kappa shape index (κ1) is 15.6. The Morgan fingerprint density at radius 1 is 1.00 bits per heavy atom. The summed E-state index contributed by atoms with van der Waals surface area (Å²) in [5.74, 6) is 0. The number of benzene rings is 1. The molecule has 0 saturated carbocycles. The third kappa shape index (κ3) is 4.30. The second kappa shape index (κ2) is 6.13. The third-order valence-corrected chi connectivity index (χ3v) is 2.78. The molecule has 1 aromatic rings. The van der Waals surface area contributed by atoms with Gasteiger partial charge in [-0.2, -0.15) is 13.2 Å². The van der Waals surface area contributed by atoms with Gasteiger partial charge in [0, 0.05) is 12.1 Å². The van der Waals surface area contributed by atoms with Crippen LogP contribution in [0.4, 0.5) is 13.2 Å². The summed E-state index contributed by atoms with van der Waals surface area (Å²) in [6.45, 7) is 7.07. The summed E-state index contributed by atoms with van der Waals surface area (Å²) >= 11 is 0. The summed E-state index contributed by atoms with van der Waals surface area (Å²) in [5.41, 5.74) is -0.0372. The maximum Gasteiger partial charge on any atom is 0.431 e. The second-order valence-electron chi connectivity index (χ2n) is 5.03. The molecule has 0 atom stereocenters. The molecule has 0 unspecified atom stereocenters. The average molecular weight is 271 g/mol. The van der Waals surface area contributed by atoms with Crippen LogP contribution in [-0.2, 0) is 0 Å². The van der Waals surface area contributed by atoms with Gasteiger partial charge in [0.1, 0.15) is 5.70 Å². The smallest absolute Gasteiger partial charge is 0.363 e. The van der Waals surface area contributed by atoms with Crippen LogP contribution in [0.25, 0.3) is 6.08 Å². The number of nitrogens with zero attached hydrogens (tertiary/aromatic N) is 1. The van der Waals surface area contributed by atoms with Gasteiger partial charge in [0.15, 0.2) is 0 Å². The summed E-state index contributed by atoms with van der Waals surface area (Å²) < 4.78 is 39.8. The van der Waals surface area contributed by atoms with Gasteiger partial charge in [-0.3, -0.25) is 0 Å². The van der Waals surface area contributed by atoms with Crippen molar-refractivity contribution in [2.75, 3.05) is 0 Å². The predicted octanol–water partition coefficient (Wildman–Crippen LogP) is 4.71. The molecular formula is C15H20F3N. The molecule has 0 aliphatic heterocycles. The zero-order valence-electron chi connectivity index (χ0n) is 11.7. The van der Waals surface area contributed by atoms with Crippen LogP contribution in [0.2, 0.25) is 0 Å². The molecule has 0 heterocycles. The minimum atomic E-state index is -4.36. The molecule has 1 rings (SSSR count). The van der Waals surface area contributed by atoms with E-state index in [2.05, 4.69) is 0 Å². The van der Waals surface area contributed by atoms with Gasteiger partial charge in [-0.25, -0.2) is 0 Å². The van der Waals surface area contributed by atoms with E-state index in [0.717, 1.165) is 0 Å². The quantitative estimate of drug-likeness (QED) is 0.766. The Balaban J connectivity index is 3.26. The van der Waals surface area contributed by atoms with E-state index in [1.165, 1.54) is 11.0 Å². The maximum absolute atomic E-state index is 13.3. The van der Waals surface area contributed by atoms with Crippen LogP contribution in [0.3, 0.4) is 0 Å². The Morgan fingerprint density at radius 2 is 1.47 bits per heavy atom. The van der Waals surface area contributed by atoms with Gasteiger partial charge in [0.05, 0.1) is 0 Å². The van der Waals surface area contributed by atoms with Crippen molar-refractivity contribution in [3.05, 3.63) is 41.6 Å². The Kier molecular flexibility index (Phi) is 5.04. The Morgan fingerprint density at radius 3 is 1.84 bits per heavy atom. The van der Waals surface area contributed by atoms with Crippen LogP contribution < -0.4 is 0 Å². The highest BCUT2D eigenvalue weighted by molar-refractivity contribution is 5.53. The van der Waals surface area contributed by atoms with Gasteiger partial charge in [0.2, 0.25) is 0 Å². The van der Waals surface area contributed by atoms with Crippen LogP contribution in [0, 0.1) is 0 Å². The molecule has 1 nitrogen and oxygen atoms in total. The second-order valence-corrected chi connectivity index (χ2v) is 5.03. The highest BCUT2D eigenvalue weighted by Crippen LogP contribution is 2.33. The van der Waals surface area contributed by atoms with E-state index in [1.807, 2.05) is 0 Å². The Hall–Kier alpha value is -1.45.